The summed E-state index contributed by atoms with van der Waals surface area (Å²) in [7, 11) is 0. The van der Waals surface area contributed by atoms with Gasteiger partial charge in [0.05, 0.1) is 16.1 Å². The average molecular weight is 314 g/mol. The van der Waals surface area contributed by atoms with Gasteiger partial charge < -0.3 is 5.32 Å². The van der Waals surface area contributed by atoms with Gasteiger partial charge in [0.1, 0.15) is 0 Å². The van der Waals surface area contributed by atoms with Crippen LogP contribution in [0, 0.1) is 6.92 Å². The van der Waals surface area contributed by atoms with Crippen LogP contribution in [0.1, 0.15) is 21.5 Å². The fraction of sp³-hybridized carbons (Fsp3) is 0.133. The van der Waals surface area contributed by atoms with E-state index in [2.05, 4.69) is 5.32 Å². The summed E-state index contributed by atoms with van der Waals surface area (Å²) in [5.41, 5.74) is 0.673. The van der Waals surface area contributed by atoms with Gasteiger partial charge in [0, 0.05) is 5.69 Å². The molecular weight excluding hydrogens is 303 g/mol. The highest BCUT2D eigenvalue weighted by Crippen LogP contribution is 2.30. The SMILES string of the molecule is Cc1ccc(C(=O)Nc2ccc(C(F)(F)F)cc2)c(Cl)c1. The second-order valence-electron chi connectivity index (χ2n) is 4.51. The van der Waals surface area contributed by atoms with Crippen molar-refractivity contribution in [3.05, 3.63) is 64.2 Å². The smallest absolute Gasteiger partial charge is 0.322 e. The Kier molecular flexibility index (Phi) is 4.23. The lowest BCUT2D eigenvalue weighted by atomic mass is 10.1. The molecule has 1 N–H and O–H groups in total. The number of anilines is 1. The van der Waals surface area contributed by atoms with E-state index in [0.29, 0.717) is 5.02 Å². The maximum Gasteiger partial charge on any atom is 0.416 e. The zero-order valence-electron chi connectivity index (χ0n) is 11.0. The molecule has 2 rings (SSSR count). The van der Waals surface area contributed by atoms with Gasteiger partial charge in [-0.05, 0) is 48.9 Å². The molecule has 0 aliphatic rings. The van der Waals surface area contributed by atoms with Gasteiger partial charge in [-0.25, -0.2) is 0 Å². The van der Waals surface area contributed by atoms with E-state index in [1.54, 1.807) is 18.2 Å². The minimum atomic E-state index is -4.40. The molecule has 2 aromatic carbocycles. The van der Waals surface area contributed by atoms with Crippen molar-refractivity contribution in [3.8, 4) is 0 Å². The summed E-state index contributed by atoms with van der Waals surface area (Å²) >= 11 is 5.97. The Balaban J connectivity index is 2.16. The number of amides is 1. The van der Waals surface area contributed by atoms with Crippen molar-refractivity contribution in [3.63, 3.8) is 0 Å². The zero-order chi connectivity index (χ0) is 15.6. The van der Waals surface area contributed by atoms with Crippen LogP contribution >= 0.6 is 11.6 Å². The Labute approximate surface area is 124 Å². The number of aryl methyl sites for hydroxylation is 1. The Morgan fingerprint density at radius 1 is 1.10 bits per heavy atom. The molecule has 2 aromatic rings. The lowest BCUT2D eigenvalue weighted by molar-refractivity contribution is -0.137. The number of alkyl halides is 3. The third-order valence-corrected chi connectivity index (χ3v) is 3.15. The predicted octanol–water partition coefficient (Wildman–Crippen LogP) is 4.92. The lowest BCUT2D eigenvalue weighted by Gasteiger charge is -2.09. The highest BCUT2D eigenvalue weighted by Gasteiger charge is 2.30. The average Bonchev–Trinajstić information content (AvgIpc) is 2.38. The fourth-order valence-electron chi connectivity index (χ4n) is 1.75. The van der Waals surface area contributed by atoms with Gasteiger partial charge in [-0.2, -0.15) is 13.2 Å². The molecule has 0 heterocycles. The minimum absolute atomic E-state index is 0.266. The zero-order valence-corrected chi connectivity index (χ0v) is 11.7. The van der Waals surface area contributed by atoms with Crippen LogP contribution < -0.4 is 5.32 Å². The molecule has 0 atom stereocenters. The van der Waals surface area contributed by atoms with Crippen LogP contribution in [-0.2, 0) is 6.18 Å². The maximum absolute atomic E-state index is 12.4. The van der Waals surface area contributed by atoms with E-state index in [0.717, 1.165) is 17.7 Å². The Hall–Kier alpha value is -2.01. The van der Waals surface area contributed by atoms with Crippen LogP contribution in [0.25, 0.3) is 0 Å². The number of rotatable bonds is 2. The first kappa shape index (κ1) is 15.4. The largest absolute Gasteiger partial charge is 0.416 e. The summed E-state index contributed by atoms with van der Waals surface area (Å²) in [6.07, 6.45) is -4.40. The highest BCUT2D eigenvalue weighted by atomic mass is 35.5. The van der Waals surface area contributed by atoms with Crippen molar-refractivity contribution in [1.82, 2.24) is 0 Å². The number of halogens is 4. The normalized spacial score (nSPS) is 11.3. The molecule has 1 amide bonds. The molecule has 21 heavy (non-hydrogen) atoms. The van der Waals surface area contributed by atoms with Crippen LogP contribution in [0.5, 0.6) is 0 Å². The molecule has 6 heteroatoms. The second kappa shape index (κ2) is 5.77. The molecule has 0 unspecified atom stereocenters. The highest BCUT2D eigenvalue weighted by molar-refractivity contribution is 6.34. The van der Waals surface area contributed by atoms with Crippen molar-refractivity contribution in [2.75, 3.05) is 5.32 Å². The van der Waals surface area contributed by atoms with Gasteiger partial charge in [-0.1, -0.05) is 17.7 Å². The summed E-state index contributed by atoms with van der Waals surface area (Å²) in [6, 6.07) is 9.15. The number of carbonyl (C=O) groups is 1. The van der Waals surface area contributed by atoms with Gasteiger partial charge in [0.2, 0.25) is 0 Å². The first-order valence-electron chi connectivity index (χ1n) is 6.02. The Bertz CT molecular complexity index is 666. The standard InChI is InChI=1S/C15H11ClF3NO/c1-9-2-7-12(13(16)8-9)14(21)20-11-5-3-10(4-6-11)15(17,18)19/h2-8H,1H3,(H,20,21). The summed E-state index contributed by atoms with van der Waals surface area (Å²) in [4.78, 5) is 12.0. The Morgan fingerprint density at radius 3 is 2.24 bits per heavy atom. The number of hydrogen-bond acceptors (Lipinski definition) is 1. The predicted molar refractivity (Wildman–Crippen MR) is 75.6 cm³/mol. The number of nitrogens with one attached hydrogen (secondary N) is 1. The Morgan fingerprint density at radius 2 is 1.71 bits per heavy atom. The first-order chi connectivity index (χ1) is 9.77. The molecule has 0 fully saturated rings. The molecule has 0 aromatic heterocycles. The van der Waals surface area contributed by atoms with Gasteiger partial charge >= 0.3 is 6.18 Å². The number of carbonyl (C=O) groups excluding carboxylic acids is 1. The summed E-state index contributed by atoms with van der Waals surface area (Å²) in [6.45, 7) is 1.84. The van der Waals surface area contributed by atoms with Crippen LogP contribution in [0.15, 0.2) is 42.5 Å². The summed E-state index contributed by atoms with van der Waals surface area (Å²) < 4.78 is 37.3. The molecule has 0 saturated carbocycles. The molecule has 0 bridgehead atoms. The molecule has 0 aliphatic carbocycles. The molecule has 0 radical (unpaired) electrons. The van der Waals surface area contributed by atoms with Crippen molar-refractivity contribution in [2.24, 2.45) is 0 Å². The van der Waals surface area contributed by atoms with E-state index in [-0.39, 0.29) is 11.3 Å². The van der Waals surface area contributed by atoms with Crippen LogP contribution in [-0.4, -0.2) is 5.91 Å². The van der Waals surface area contributed by atoms with Gasteiger partial charge in [0.15, 0.2) is 0 Å². The summed E-state index contributed by atoms with van der Waals surface area (Å²) in [5, 5.41) is 2.80. The molecule has 0 saturated heterocycles. The van der Waals surface area contributed by atoms with E-state index < -0.39 is 17.6 Å². The first-order valence-corrected chi connectivity index (χ1v) is 6.40. The van der Waals surface area contributed by atoms with Crippen molar-refractivity contribution in [1.29, 1.82) is 0 Å². The fourth-order valence-corrected chi connectivity index (χ4v) is 2.07. The molecule has 2 nitrogen and oxygen atoms in total. The van der Waals surface area contributed by atoms with E-state index in [1.165, 1.54) is 12.1 Å². The van der Waals surface area contributed by atoms with E-state index >= 15 is 0 Å². The van der Waals surface area contributed by atoms with E-state index in [4.69, 9.17) is 11.6 Å². The molecule has 110 valence electrons. The van der Waals surface area contributed by atoms with Crippen LogP contribution in [0.2, 0.25) is 5.02 Å². The maximum atomic E-state index is 12.4. The van der Waals surface area contributed by atoms with Crippen LogP contribution in [0.4, 0.5) is 18.9 Å². The number of hydrogen-bond donors (Lipinski definition) is 1. The van der Waals surface area contributed by atoms with Gasteiger partial charge in [-0.15, -0.1) is 0 Å². The van der Waals surface area contributed by atoms with Crippen molar-refractivity contribution >= 4 is 23.2 Å². The quantitative estimate of drug-likeness (QED) is 0.837. The third kappa shape index (κ3) is 3.76. The van der Waals surface area contributed by atoms with E-state index in [1.807, 2.05) is 6.92 Å². The van der Waals surface area contributed by atoms with Crippen molar-refractivity contribution < 1.29 is 18.0 Å². The molecule has 0 spiro atoms. The number of benzene rings is 2. The van der Waals surface area contributed by atoms with Crippen LogP contribution in [0.3, 0.4) is 0 Å². The van der Waals surface area contributed by atoms with Gasteiger partial charge in [-0.3, -0.25) is 4.79 Å². The monoisotopic (exact) mass is 313 g/mol. The van der Waals surface area contributed by atoms with Gasteiger partial charge in [0.25, 0.3) is 5.91 Å². The third-order valence-electron chi connectivity index (χ3n) is 2.84. The second-order valence-corrected chi connectivity index (χ2v) is 4.92. The van der Waals surface area contributed by atoms with E-state index in [9.17, 15) is 18.0 Å². The summed E-state index contributed by atoms with van der Waals surface area (Å²) in [5.74, 6) is -0.472. The minimum Gasteiger partial charge on any atom is -0.322 e. The molecule has 0 aliphatic heterocycles. The lowest BCUT2D eigenvalue weighted by Crippen LogP contribution is -2.13. The topological polar surface area (TPSA) is 29.1 Å². The molecular formula is C15H11ClF3NO. The van der Waals surface area contributed by atoms with Crippen molar-refractivity contribution in [2.45, 2.75) is 13.1 Å².